The minimum atomic E-state index is -0.00983. The Morgan fingerprint density at radius 1 is 1.17 bits per heavy atom. The highest BCUT2D eigenvalue weighted by molar-refractivity contribution is 5.94. The lowest BCUT2D eigenvalue weighted by atomic mass is 9.83. The monoisotopic (exact) mass is 316 g/mol. The number of carbonyl (C=O) groups is 1. The molecular weight excluding hydrogens is 288 g/mol. The third-order valence-electron chi connectivity index (χ3n) is 5.84. The first-order valence-corrected chi connectivity index (χ1v) is 9.14. The van der Waals surface area contributed by atoms with Crippen molar-refractivity contribution < 1.29 is 4.79 Å². The average molecular weight is 316 g/mol. The van der Waals surface area contributed by atoms with Crippen LogP contribution < -0.4 is 5.32 Å². The zero-order valence-electron chi connectivity index (χ0n) is 14.3. The van der Waals surface area contributed by atoms with Gasteiger partial charge in [0.25, 0.3) is 5.91 Å². The fraction of sp³-hybridized carbons (Fsp3) is 0.778. The molecule has 2 atom stereocenters. The van der Waals surface area contributed by atoms with Crippen molar-refractivity contribution >= 4 is 5.91 Å². The van der Waals surface area contributed by atoms with Crippen molar-refractivity contribution in [3.63, 3.8) is 0 Å². The summed E-state index contributed by atoms with van der Waals surface area (Å²) in [6.07, 6.45) is 7.24. The lowest BCUT2D eigenvalue weighted by Crippen LogP contribution is -2.47. The summed E-state index contributed by atoms with van der Waals surface area (Å²) in [4.78, 5) is 23.4. The summed E-state index contributed by atoms with van der Waals surface area (Å²) in [7, 11) is 0. The summed E-state index contributed by atoms with van der Waals surface area (Å²) in [6, 6.07) is 0.614. The molecule has 0 aliphatic carbocycles. The van der Waals surface area contributed by atoms with E-state index >= 15 is 0 Å². The van der Waals surface area contributed by atoms with E-state index in [1.807, 2.05) is 0 Å². The van der Waals surface area contributed by atoms with Crippen molar-refractivity contribution in [2.45, 2.75) is 64.3 Å². The van der Waals surface area contributed by atoms with Crippen LogP contribution in [0.1, 0.15) is 73.9 Å². The Labute approximate surface area is 138 Å². The SMILES string of the molecule is CC1(C)CNC(=O)c2nc([C@@H]3CCCN4CCCC[C@H]34)[nH]c2C1. The number of hydrogen-bond acceptors (Lipinski definition) is 3. The molecule has 5 heteroatoms. The lowest BCUT2D eigenvalue weighted by Gasteiger charge is -2.43. The molecule has 2 saturated heterocycles. The largest absolute Gasteiger partial charge is 0.350 e. The molecule has 2 fully saturated rings. The van der Waals surface area contributed by atoms with Crippen molar-refractivity contribution in [3.05, 3.63) is 17.2 Å². The molecule has 0 radical (unpaired) electrons. The molecule has 126 valence electrons. The molecule has 1 aromatic heterocycles. The molecule has 3 aliphatic rings. The van der Waals surface area contributed by atoms with Gasteiger partial charge in [-0.05, 0) is 50.6 Å². The number of aromatic nitrogens is 2. The molecule has 0 aromatic carbocycles. The second-order valence-corrected chi connectivity index (χ2v) is 8.32. The Morgan fingerprint density at radius 2 is 2.00 bits per heavy atom. The first kappa shape index (κ1) is 15.2. The highest BCUT2D eigenvalue weighted by Crippen LogP contribution is 2.37. The van der Waals surface area contributed by atoms with Gasteiger partial charge in [0.15, 0.2) is 0 Å². The quantitative estimate of drug-likeness (QED) is 0.836. The van der Waals surface area contributed by atoms with Crippen LogP contribution in [0.25, 0.3) is 0 Å². The number of fused-ring (bicyclic) bond motifs is 2. The van der Waals surface area contributed by atoms with Crippen molar-refractivity contribution in [1.82, 2.24) is 20.2 Å². The summed E-state index contributed by atoms with van der Waals surface area (Å²) in [5.74, 6) is 1.51. The van der Waals surface area contributed by atoms with E-state index in [0.717, 1.165) is 17.9 Å². The van der Waals surface area contributed by atoms with E-state index in [4.69, 9.17) is 4.98 Å². The first-order valence-electron chi connectivity index (χ1n) is 9.14. The highest BCUT2D eigenvalue weighted by atomic mass is 16.1. The fourth-order valence-electron chi connectivity index (χ4n) is 4.64. The summed E-state index contributed by atoms with van der Waals surface area (Å²) in [6.45, 7) is 7.58. The number of amides is 1. The Hall–Kier alpha value is -1.36. The number of hydrogen-bond donors (Lipinski definition) is 2. The molecule has 4 heterocycles. The van der Waals surface area contributed by atoms with E-state index in [9.17, 15) is 4.79 Å². The van der Waals surface area contributed by atoms with Gasteiger partial charge in [-0.2, -0.15) is 0 Å². The number of nitrogens with zero attached hydrogens (tertiary/aromatic N) is 2. The summed E-state index contributed by atoms with van der Waals surface area (Å²) in [5, 5.41) is 3.03. The molecule has 0 unspecified atom stereocenters. The van der Waals surface area contributed by atoms with Gasteiger partial charge in [0.2, 0.25) is 0 Å². The Kier molecular flexibility index (Phi) is 3.71. The summed E-state index contributed by atoms with van der Waals surface area (Å²) in [5.41, 5.74) is 1.75. The topological polar surface area (TPSA) is 61.0 Å². The second-order valence-electron chi connectivity index (χ2n) is 8.32. The predicted octanol–water partition coefficient (Wildman–Crippen LogP) is 2.45. The van der Waals surface area contributed by atoms with Gasteiger partial charge in [0, 0.05) is 24.2 Å². The maximum absolute atomic E-state index is 12.4. The average Bonchev–Trinajstić information content (AvgIpc) is 2.90. The number of carbonyl (C=O) groups excluding carboxylic acids is 1. The third kappa shape index (κ3) is 2.80. The van der Waals surface area contributed by atoms with Gasteiger partial charge in [-0.3, -0.25) is 9.69 Å². The standard InChI is InChI=1S/C18H28N4O/c1-18(2)10-13-15(17(23)19-11-18)21-16(20-13)12-6-5-9-22-8-4-3-7-14(12)22/h12,14H,3-11H2,1-2H3,(H,19,23)(H,20,21)/t12-,14-/m1/s1. The number of nitrogens with one attached hydrogen (secondary N) is 2. The molecule has 5 nitrogen and oxygen atoms in total. The molecule has 3 aliphatic heterocycles. The number of rotatable bonds is 1. The molecule has 0 bridgehead atoms. The summed E-state index contributed by atoms with van der Waals surface area (Å²) < 4.78 is 0. The van der Waals surface area contributed by atoms with Crippen molar-refractivity contribution in [1.29, 1.82) is 0 Å². The smallest absolute Gasteiger partial charge is 0.271 e. The zero-order chi connectivity index (χ0) is 16.0. The van der Waals surface area contributed by atoms with Crippen LogP contribution in [0.2, 0.25) is 0 Å². The summed E-state index contributed by atoms with van der Waals surface area (Å²) >= 11 is 0. The molecule has 23 heavy (non-hydrogen) atoms. The molecule has 4 rings (SSSR count). The van der Waals surface area contributed by atoms with Crippen LogP contribution >= 0.6 is 0 Å². The van der Waals surface area contributed by atoms with Crippen LogP contribution in [-0.4, -0.2) is 46.5 Å². The number of piperidine rings is 2. The normalized spacial score (nSPS) is 31.0. The number of imidazole rings is 1. The maximum atomic E-state index is 12.4. The van der Waals surface area contributed by atoms with Gasteiger partial charge in [0.1, 0.15) is 11.5 Å². The van der Waals surface area contributed by atoms with Crippen molar-refractivity contribution in [3.8, 4) is 0 Å². The van der Waals surface area contributed by atoms with Crippen molar-refractivity contribution in [2.75, 3.05) is 19.6 Å². The minimum Gasteiger partial charge on any atom is -0.350 e. The fourth-order valence-corrected chi connectivity index (χ4v) is 4.64. The van der Waals surface area contributed by atoms with Gasteiger partial charge >= 0.3 is 0 Å². The molecule has 2 N–H and O–H groups in total. The molecule has 1 aromatic rings. The van der Waals surface area contributed by atoms with E-state index in [0.29, 0.717) is 24.2 Å². The molecule has 0 saturated carbocycles. The zero-order valence-corrected chi connectivity index (χ0v) is 14.3. The third-order valence-corrected chi connectivity index (χ3v) is 5.84. The van der Waals surface area contributed by atoms with E-state index < -0.39 is 0 Å². The van der Waals surface area contributed by atoms with E-state index in [2.05, 4.69) is 29.0 Å². The van der Waals surface area contributed by atoms with Gasteiger partial charge in [0.05, 0.1) is 0 Å². The minimum absolute atomic E-state index is 0.00983. The van der Waals surface area contributed by atoms with Gasteiger partial charge in [-0.15, -0.1) is 0 Å². The van der Waals surface area contributed by atoms with Crippen LogP contribution in [0.3, 0.4) is 0 Å². The highest BCUT2D eigenvalue weighted by Gasteiger charge is 2.37. The molecule has 0 spiro atoms. The Bertz CT molecular complexity index is 604. The molecular formula is C18H28N4O. The van der Waals surface area contributed by atoms with Gasteiger partial charge in [-0.1, -0.05) is 20.3 Å². The predicted molar refractivity (Wildman–Crippen MR) is 89.6 cm³/mol. The van der Waals surface area contributed by atoms with E-state index in [-0.39, 0.29) is 11.3 Å². The van der Waals surface area contributed by atoms with Crippen LogP contribution in [0, 0.1) is 5.41 Å². The van der Waals surface area contributed by atoms with Crippen LogP contribution in [0.15, 0.2) is 0 Å². The van der Waals surface area contributed by atoms with E-state index in [1.54, 1.807) is 0 Å². The van der Waals surface area contributed by atoms with Crippen LogP contribution in [0.4, 0.5) is 0 Å². The van der Waals surface area contributed by atoms with Gasteiger partial charge < -0.3 is 10.3 Å². The Balaban J connectivity index is 1.65. The first-order chi connectivity index (χ1) is 11.0. The van der Waals surface area contributed by atoms with E-state index in [1.165, 1.54) is 45.2 Å². The maximum Gasteiger partial charge on any atom is 0.271 e. The Morgan fingerprint density at radius 3 is 2.87 bits per heavy atom. The van der Waals surface area contributed by atoms with Crippen LogP contribution in [0.5, 0.6) is 0 Å². The number of aromatic amines is 1. The lowest BCUT2D eigenvalue weighted by molar-refractivity contribution is 0.0864. The van der Waals surface area contributed by atoms with Crippen LogP contribution in [-0.2, 0) is 6.42 Å². The van der Waals surface area contributed by atoms with Gasteiger partial charge in [-0.25, -0.2) is 4.98 Å². The second kappa shape index (κ2) is 5.62. The molecule has 1 amide bonds. The number of H-pyrrole nitrogens is 1. The van der Waals surface area contributed by atoms with Crippen molar-refractivity contribution in [2.24, 2.45) is 5.41 Å².